The normalized spacial score (nSPS) is 12.5. The number of unbranched alkanes of at least 4 members (excludes halogenated alkanes) is 2. The molecule has 1 heterocycles. The fraction of sp³-hybridized carbons (Fsp3) is 0.436. The zero-order chi connectivity index (χ0) is 32.9. The number of nitrogens with zero attached hydrogens (tertiary/aromatic N) is 2. The first-order valence-electron chi connectivity index (χ1n) is 16.8. The second-order valence-electron chi connectivity index (χ2n) is 12.0. The first-order valence-corrected chi connectivity index (χ1v) is 16.8. The number of hydrogen-bond acceptors (Lipinski definition) is 7. The van der Waals surface area contributed by atoms with Gasteiger partial charge in [0, 0.05) is 28.8 Å². The van der Waals surface area contributed by atoms with E-state index in [0.29, 0.717) is 64.9 Å². The summed E-state index contributed by atoms with van der Waals surface area (Å²) in [5, 5.41) is 22.3. The van der Waals surface area contributed by atoms with Crippen LogP contribution in [-0.4, -0.2) is 40.5 Å². The molecule has 0 aliphatic carbocycles. The van der Waals surface area contributed by atoms with E-state index in [0.717, 1.165) is 37.0 Å². The third kappa shape index (κ3) is 9.38. The summed E-state index contributed by atoms with van der Waals surface area (Å²) >= 11 is 0. The van der Waals surface area contributed by atoms with Crippen molar-refractivity contribution in [1.29, 1.82) is 0 Å². The van der Waals surface area contributed by atoms with Crippen molar-refractivity contribution >= 4 is 0 Å². The lowest BCUT2D eigenvalue weighted by Crippen LogP contribution is -2.11. The largest absolute Gasteiger partial charge is 0.507 e. The Kier molecular flexibility index (Phi) is 13.1. The predicted molar refractivity (Wildman–Crippen MR) is 186 cm³/mol. The average Bonchev–Trinajstić information content (AvgIpc) is 3.08. The molecule has 2 N–H and O–H groups in total. The summed E-state index contributed by atoms with van der Waals surface area (Å²) in [6.07, 6.45) is 9.07. The van der Waals surface area contributed by atoms with E-state index in [1.807, 2.05) is 48.5 Å². The van der Waals surface area contributed by atoms with Gasteiger partial charge in [-0.2, -0.15) is 0 Å². The molecule has 46 heavy (non-hydrogen) atoms. The van der Waals surface area contributed by atoms with Gasteiger partial charge in [0.05, 0.1) is 31.7 Å². The third-order valence-corrected chi connectivity index (χ3v) is 8.62. The van der Waals surface area contributed by atoms with Crippen molar-refractivity contribution < 1.29 is 24.4 Å². The minimum Gasteiger partial charge on any atom is -0.507 e. The second-order valence-corrected chi connectivity index (χ2v) is 12.0. The molecule has 1 aromatic heterocycles. The molecular formula is C39H50N2O5. The lowest BCUT2D eigenvalue weighted by Gasteiger charge is -2.17. The molecule has 246 valence electrons. The Morgan fingerprint density at radius 1 is 0.609 bits per heavy atom. The number of methoxy groups -OCH3 is 1. The van der Waals surface area contributed by atoms with Crippen LogP contribution in [0.5, 0.6) is 28.7 Å². The van der Waals surface area contributed by atoms with Crippen molar-refractivity contribution in [1.82, 2.24) is 9.97 Å². The highest BCUT2D eigenvalue weighted by atomic mass is 16.5. The van der Waals surface area contributed by atoms with Crippen LogP contribution in [0, 0.1) is 11.8 Å². The molecule has 0 spiro atoms. The fourth-order valence-electron chi connectivity index (χ4n) is 5.45. The standard InChI is InChI=1S/C39H50N2O5/c1-6-10-12-27(8-3)25-45-31-18-20-33(37(42)22-31)35-24-36(41-39(40-35)29-14-16-30(44-5)17-15-29)34-21-19-32(23-38(34)43)46-26-28(9-4)13-11-7-2/h14-24,27-28,42-43H,6-13,25-26H2,1-5H3. The number of benzene rings is 3. The van der Waals surface area contributed by atoms with E-state index < -0.39 is 0 Å². The molecule has 4 aromatic rings. The van der Waals surface area contributed by atoms with E-state index in [4.69, 9.17) is 24.2 Å². The van der Waals surface area contributed by atoms with Gasteiger partial charge < -0.3 is 24.4 Å². The van der Waals surface area contributed by atoms with Gasteiger partial charge in [-0.3, -0.25) is 0 Å². The van der Waals surface area contributed by atoms with Gasteiger partial charge in [-0.05, 0) is 79.3 Å². The Morgan fingerprint density at radius 3 is 1.46 bits per heavy atom. The summed E-state index contributed by atoms with van der Waals surface area (Å²) in [5.74, 6) is 3.51. The van der Waals surface area contributed by atoms with Gasteiger partial charge in [0.25, 0.3) is 0 Å². The molecule has 0 saturated heterocycles. The van der Waals surface area contributed by atoms with E-state index in [9.17, 15) is 10.2 Å². The molecule has 4 rings (SSSR count). The number of rotatable bonds is 18. The van der Waals surface area contributed by atoms with Crippen LogP contribution >= 0.6 is 0 Å². The first-order chi connectivity index (χ1) is 22.4. The molecule has 3 aromatic carbocycles. The third-order valence-electron chi connectivity index (χ3n) is 8.62. The summed E-state index contributed by atoms with van der Waals surface area (Å²) < 4.78 is 17.5. The number of ether oxygens (including phenoxy) is 3. The van der Waals surface area contributed by atoms with Crippen LogP contribution in [-0.2, 0) is 0 Å². The average molecular weight is 627 g/mol. The van der Waals surface area contributed by atoms with Crippen LogP contribution < -0.4 is 14.2 Å². The summed E-state index contributed by atoms with van der Waals surface area (Å²) in [7, 11) is 1.62. The van der Waals surface area contributed by atoms with E-state index in [1.165, 1.54) is 25.7 Å². The summed E-state index contributed by atoms with van der Waals surface area (Å²) in [6, 6.07) is 19.9. The molecular weight excluding hydrogens is 576 g/mol. The maximum Gasteiger partial charge on any atom is 0.160 e. The topological polar surface area (TPSA) is 93.9 Å². The molecule has 0 amide bonds. The van der Waals surface area contributed by atoms with Crippen molar-refractivity contribution in [2.75, 3.05) is 20.3 Å². The van der Waals surface area contributed by atoms with Crippen LogP contribution in [0.3, 0.4) is 0 Å². The zero-order valence-electron chi connectivity index (χ0n) is 28.1. The highest BCUT2D eigenvalue weighted by Gasteiger charge is 2.17. The van der Waals surface area contributed by atoms with E-state index in [2.05, 4.69) is 27.7 Å². The summed E-state index contributed by atoms with van der Waals surface area (Å²) in [6.45, 7) is 10.0. The van der Waals surface area contributed by atoms with Gasteiger partial charge in [-0.15, -0.1) is 0 Å². The Morgan fingerprint density at radius 2 is 1.07 bits per heavy atom. The molecule has 0 saturated carbocycles. The van der Waals surface area contributed by atoms with Crippen LogP contribution in [0.1, 0.15) is 79.1 Å². The predicted octanol–water partition coefficient (Wildman–Crippen LogP) is 10.1. The number of aromatic hydroxyl groups is 2. The minimum absolute atomic E-state index is 0.0611. The van der Waals surface area contributed by atoms with E-state index >= 15 is 0 Å². The minimum atomic E-state index is 0.0611. The van der Waals surface area contributed by atoms with Crippen LogP contribution in [0.15, 0.2) is 66.7 Å². The second kappa shape index (κ2) is 17.4. The van der Waals surface area contributed by atoms with Crippen molar-refractivity contribution in [2.24, 2.45) is 11.8 Å². The fourth-order valence-corrected chi connectivity index (χ4v) is 5.45. The zero-order valence-corrected chi connectivity index (χ0v) is 28.1. The molecule has 0 bridgehead atoms. The maximum absolute atomic E-state index is 11.1. The maximum atomic E-state index is 11.1. The smallest absolute Gasteiger partial charge is 0.160 e. The Balaban J connectivity index is 1.65. The van der Waals surface area contributed by atoms with Gasteiger partial charge in [0.1, 0.15) is 28.7 Å². The van der Waals surface area contributed by atoms with Crippen molar-refractivity contribution in [2.45, 2.75) is 79.1 Å². The summed E-state index contributed by atoms with van der Waals surface area (Å²) in [5.41, 5.74) is 2.91. The van der Waals surface area contributed by atoms with Gasteiger partial charge in [0.15, 0.2) is 5.82 Å². The molecule has 2 atom stereocenters. The van der Waals surface area contributed by atoms with Gasteiger partial charge in [-0.1, -0.05) is 66.2 Å². The number of aromatic nitrogens is 2. The highest BCUT2D eigenvalue weighted by Crippen LogP contribution is 2.38. The highest BCUT2D eigenvalue weighted by molar-refractivity contribution is 5.77. The Bertz CT molecular complexity index is 1430. The first kappa shape index (κ1) is 34.6. The van der Waals surface area contributed by atoms with Crippen LogP contribution in [0.2, 0.25) is 0 Å². The Hall–Kier alpha value is -4.26. The van der Waals surface area contributed by atoms with Crippen molar-refractivity contribution in [3.63, 3.8) is 0 Å². The van der Waals surface area contributed by atoms with Gasteiger partial charge in [-0.25, -0.2) is 9.97 Å². The summed E-state index contributed by atoms with van der Waals surface area (Å²) in [4.78, 5) is 9.67. The SMILES string of the molecule is CCCCC(CC)COc1ccc(-c2cc(-c3ccc(OCC(CC)CCCC)cc3O)nc(-c3ccc(OC)cc3)n2)c(O)c1. The Labute approximate surface area is 274 Å². The molecule has 0 fully saturated rings. The number of phenols is 2. The lowest BCUT2D eigenvalue weighted by molar-refractivity contribution is 0.232. The van der Waals surface area contributed by atoms with E-state index in [-0.39, 0.29) is 11.5 Å². The molecule has 0 aliphatic heterocycles. The molecule has 7 nitrogen and oxygen atoms in total. The van der Waals surface area contributed by atoms with Crippen molar-refractivity contribution in [3.8, 4) is 62.7 Å². The number of hydrogen-bond donors (Lipinski definition) is 2. The van der Waals surface area contributed by atoms with Crippen molar-refractivity contribution in [3.05, 3.63) is 66.7 Å². The molecule has 0 aliphatic rings. The lowest BCUT2D eigenvalue weighted by atomic mass is 10.0. The van der Waals surface area contributed by atoms with Crippen LogP contribution in [0.25, 0.3) is 33.9 Å². The molecule has 2 unspecified atom stereocenters. The monoisotopic (exact) mass is 626 g/mol. The quantitative estimate of drug-likeness (QED) is 0.113. The van der Waals surface area contributed by atoms with Gasteiger partial charge >= 0.3 is 0 Å². The van der Waals surface area contributed by atoms with E-state index in [1.54, 1.807) is 25.3 Å². The number of phenolic OH excluding ortho intramolecular Hbond substituents is 2. The molecule has 0 radical (unpaired) electrons. The van der Waals surface area contributed by atoms with Crippen LogP contribution in [0.4, 0.5) is 0 Å². The van der Waals surface area contributed by atoms with Gasteiger partial charge in [0.2, 0.25) is 0 Å². The molecule has 7 heteroatoms.